The number of nitrogens with zero attached hydrogens (tertiary/aromatic N) is 4. The lowest BCUT2D eigenvalue weighted by atomic mass is 10.1. The average molecular weight is 504 g/mol. The van der Waals surface area contributed by atoms with Crippen molar-refractivity contribution in [2.45, 2.75) is 39.0 Å². The summed E-state index contributed by atoms with van der Waals surface area (Å²) in [4.78, 5) is 21.8. The van der Waals surface area contributed by atoms with Crippen molar-refractivity contribution < 1.29 is 14.3 Å². The highest BCUT2D eigenvalue weighted by molar-refractivity contribution is 7.17. The van der Waals surface area contributed by atoms with Gasteiger partial charge in [-0.1, -0.05) is 48.6 Å². The number of hydrogen-bond donors (Lipinski definition) is 1. The van der Waals surface area contributed by atoms with Crippen molar-refractivity contribution in [2.75, 3.05) is 18.5 Å². The Labute approximate surface area is 214 Å². The molecule has 0 unspecified atom stereocenters. The quantitative estimate of drug-likeness (QED) is 0.310. The van der Waals surface area contributed by atoms with E-state index in [1.54, 1.807) is 4.68 Å². The van der Waals surface area contributed by atoms with Gasteiger partial charge in [-0.3, -0.25) is 9.78 Å². The largest absolute Gasteiger partial charge is 0.477 e. The molecule has 0 bridgehead atoms. The molecule has 4 aromatic rings. The molecule has 1 aliphatic heterocycles. The highest BCUT2D eigenvalue weighted by Crippen LogP contribution is 2.40. The fourth-order valence-corrected chi connectivity index (χ4v) is 5.03. The second-order valence-corrected chi connectivity index (χ2v) is 9.62. The Morgan fingerprint density at radius 3 is 2.86 bits per heavy atom. The molecule has 3 aromatic heterocycles. The number of aryl methyl sites for hydroxylation is 2. The summed E-state index contributed by atoms with van der Waals surface area (Å²) in [6.07, 6.45) is 3.88. The van der Waals surface area contributed by atoms with E-state index < -0.39 is 0 Å². The zero-order valence-electron chi connectivity index (χ0n) is 20.5. The molecule has 1 aromatic carbocycles. The molecule has 4 heterocycles. The highest BCUT2D eigenvalue weighted by Gasteiger charge is 2.22. The molecule has 1 N–H and O–H groups in total. The number of benzene rings is 1. The first kappa shape index (κ1) is 24.0. The van der Waals surface area contributed by atoms with Crippen LogP contribution in [0.25, 0.3) is 22.0 Å². The van der Waals surface area contributed by atoms with E-state index in [9.17, 15) is 4.79 Å². The minimum Gasteiger partial charge on any atom is -0.477 e. The third-order valence-corrected chi connectivity index (χ3v) is 6.89. The third-order valence-electron chi connectivity index (χ3n) is 5.90. The van der Waals surface area contributed by atoms with Crippen LogP contribution in [0.1, 0.15) is 37.6 Å². The minimum atomic E-state index is -0.276. The Hall–Kier alpha value is -3.72. The number of esters is 1. The van der Waals surface area contributed by atoms with Gasteiger partial charge in [0.25, 0.3) is 0 Å². The number of carbonyl (C=O) groups is 1. The van der Waals surface area contributed by atoms with Crippen LogP contribution in [0, 0.1) is 0 Å². The molecule has 9 heteroatoms. The molecular weight excluding hydrogens is 474 g/mol. The number of anilines is 1. The number of rotatable bonds is 9. The molecule has 0 saturated heterocycles. The van der Waals surface area contributed by atoms with Crippen LogP contribution in [0.2, 0.25) is 0 Å². The lowest BCUT2D eigenvalue weighted by molar-refractivity contribution is -0.134. The molecular formula is C27H29N5O3S. The summed E-state index contributed by atoms with van der Waals surface area (Å²) in [6, 6.07) is 15.8. The van der Waals surface area contributed by atoms with Gasteiger partial charge in [0.1, 0.15) is 16.4 Å². The summed E-state index contributed by atoms with van der Waals surface area (Å²) in [5.41, 5.74) is 5.37. The van der Waals surface area contributed by atoms with Crippen molar-refractivity contribution in [3.63, 3.8) is 0 Å². The van der Waals surface area contributed by atoms with Crippen LogP contribution in [-0.4, -0.2) is 38.9 Å². The number of aromatic nitrogens is 4. The van der Waals surface area contributed by atoms with E-state index >= 15 is 0 Å². The van der Waals surface area contributed by atoms with Gasteiger partial charge in [-0.25, -0.2) is 9.67 Å². The molecule has 36 heavy (non-hydrogen) atoms. The second-order valence-electron chi connectivity index (χ2n) is 8.66. The van der Waals surface area contributed by atoms with Gasteiger partial charge >= 0.3 is 5.97 Å². The Bertz CT molecular complexity index is 1350. The van der Waals surface area contributed by atoms with Gasteiger partial charge in [0.2, 0.25) is 10.9 Å². The number of hydrogen-bond acceptors (Lipinski definition) is 8. The van der Waals surface area contributed by atoms with E-state index in [4.69, 9.17) is 19.4 Å². The summed E-state index contributed by atoms with van der Waals surface area (Å²) < 4.78 is 13.4. The minimum absolute atomic E-state index is 0.276. The van der Waals surface area contributed by atoms with Crippen LogP contribution in [0.4, 0.5) is 5.69 Å². The SMILES string of the molecule is CCCC(=O)Oc1sc(-c2ccccc2)nc1-c1cc(OCCc2ccc3c(n2)CCCN3)n(C)n1. The van der Waals surface area contributed by atoms with Crippen molar-refractivity contribution in [2.24, 2.45) is 7.05 Å². The molecule has 0 radical (unpaired) electrons. The summed E-state index contributed by atoms with van der Waals surface area (Å²) in [5, 5.41) is 9.21. The first-order valence-electron chi connectivity index (χ1n) is 12.3. The maximum atomic E-state index is 12.3. The molecule has 5 rings (SSSR count). The molecule has 0 spiro atoms. The molecule has 0 saturated carbocycles. The lowest BCUT2D eigenvalue weighted by Gasteiger charge is -2.17. The van der Waals surface area contributed by atoms with Crippen molar-refractivity contribution in [1.82, 2.24) is 19.7 Å². The van der Waals surface area contributed by atoms with Gasteiger partial charge in [-0.2, -0.15) is 5.10 Å². The normalized spacial score (nSPS) is 12.6. The maximum absolute atomic E-state index is 12.3. The molecule has 186 valence electrons. The molecule has 0 fully saturated rings. The monoisotopic (exact) mass is 503 g/mol. The Morgan fingerprint density at radius 1 is 1.17 bits per heavy atom. The molecule has 0 aliphatic carbocycles. The highest BCUT2D eigenvalue weighted by atomic mass is 32.1. The zero-order chi connectivity index (χ0) is 24.9. The third kappa shape index (κ3) is 5.41. The van der Waals surface area contributed by atoms with Gasteiger partial charge in [0.05, 0.1) is 18.0 Å². The fourth-order valence-electron chi connectivity index (χ4n) is 4.08. The molecule has 0 atom stereocenters. The van der Waals surface area contributed by atoms with E-state index in [-0.39, 0.29) is 5.97 Å². The number of nitrogens with one attached hydrogen (secondary N) is 1. The van der Waals surface area contributed by atoms with Gasteiger partial charge in [0, 0.05) is 43.8 Å². The van der Waals surface area contributed by atoms with Crippen LogP contribution in [0.15, 0.2) is 48.5 Å². The standard InChI is InChI=1S/C27H29N5O3S/c1-3-8-24(33)35-27-25(30-26(36-27)18-9-5-4-6-10-18)22-17-23(32(2)31-22)34-16-14-19-12-13-20-21(29-19)11-7-15-28-20/h4-6,9-10,12-13,17,28H,3,7-8,11,14-16H2,1-2H3. The van der Waals surface area contributed by atoms with E-state index in [2.05, 4.69) is 16.5 Å². The van der Waals surface area contributed by atoms with Crippen LogP contribution in [-0.2, 0) is 24.7 Å². The summed E-state index contributed by atoms with van der Waals surface area (Å²) >= 11 is 1.35. The van der Waals surface area contributed by atoms with Crippen molar-refractivity contribution in [3.05, 3.63) is 59.9 Å². The van der Waals surface area contributed by atoms with Crippen molar-refractivity contribution in [3.8, 4) is 32.9 Å². The predicted octanol–water partition coefficient (Wildman–Crippen LogP) is 5.29. The zero-order valence-corrected chi connectivity index (χ0v) is 21.3. The average Bonchev–Trinajstić information content (AvgIpc) is 3.48. The van der Waals surface area contributed by atoms with Crippen LogP contribution in [0.5, 0.6) is 10.9 Å². The lowest BCUT2D eigenvalue weighted by Crippen LogP contribution is -2.14. The van der Waals surface area contributed by atoms with E-state index in [0.29, 0.717) is 41.8 Å². The smallest absolute Gasteiger partial charge is 0.312 e. The predicted molar refractivity (Wildman–Crippen MR) is 141 cm³/mol. The van der Waals surface area contributed by atoms with Crippen LogP contribution in [0.3, 0.4) is 0 Å². The van der Waals surface area contributed by atoms with Gasteiger partial charge in [0.15, 0.2) is 0 Å². The maximum Gasteiger partial charge on any atom is 0.312 e. The summed E-state index contributed by atoms with van der Waals surface area (Å²) in [5.74, 6) is 0.340. The number of thiazole rings is 1. The van der Waals surface area contributed by atoms with Gasteiger partial charge < -0.3 is 14.8 Å². The Kier molecular flexibility index (Phi) is 7.27. The fraction of sp³-hybridized carbons (Fsp3) is 0.333. The summed E-state index contributed by atoms with van der Waals surface area (Å²) in [7, 11) is 1.83. The molecule has 0 amide bonds. The van der Waals surface area contributed by atoms with Gasteiger partial charge in [-0.05, 0) is 31.4 Å². The van der Waals surface area contributed by atoms with Gasteiger partial charge in [-0.15, -0.1) is 0 Å². The van der Waals surface area contributed by atoms with Crippen LogP contribution < -0.4 is 14.8 Å². The second kappa shape index (κ2) is 10.9. The first-order valence-corrected chi connectivity index (χ1v) is 13.1. The Balaban J connectivity index is 1.33. The number of fused-ring (bicyclic) bond motifs is 1. The van der Waals surface area contributed by atoms with Crippen LogP contribution >= 0.6 is 11.3 Å². The summed E-state index contributed by atoms with van der Waals surface area (Å²) in [6.45, 7) is 3.43. The Morgan fingerprint density at radius 2 is 2.03 bits per heavy atom. The number of pyridine rings is 1. The topological polar surface area (TPSA) is 91.2 Å². The van der Waals surface area contributed by atoms with Crippen molar-refractivity contribution >= 4 is 23.0 Å². The number of carbonyl (C=O) groups excluding carboxylic acids is 1. The van der Waals surface area contributed by atoms with E-state index in [0.717, 1.165) is 53.5 Å². The first-order chi connectivity index (χ1) is 17.6. The van der Waals surface area contributed by atoms with Crippen molar-refractivity contribution in [1.29, 1.82) is 0 Å². The van der Waals surface area contributed by atoms with E-state index in [1.807, 2.05) is 56.4 Å². The molecule has 8 nitrogen and oxygen atoms in total. The molecule has 1 aliphatic rings. The van der Waals surface area contributed by atoms with E-state index in [1.165, 1.54) is 11.3 Å². The number of ether oxygens (including phenoxy) is 2.